The first-order valence-electron chi connectivity index (χ1n) is 11.5. The summed E-state index contributed by atoms with van der Waals surface area (Å²) >= 11 is 5.74. The van der Waals surface area contributed by atoms with Gasteiger partial charge in [0, 0.05) is 17.6 Å². The molecule has 5 rings (SSSR count). The quantitative estimate of drug-likeness (QED) is 0.285. The number of anilines is 1. The molecule has 2 aromatic carbocycles. The molecule has 182 valence electrons. The Morgan fingerprint density at radius 2 is 1.72 bits per heavy atom. The van der Waals surface area contributed by atoms with Crippen molar-refractivity contribution in [1.82, 2.24) is 14.9 Å². The maximum absolute atomic E-state index is 15.1. The first-order chi connectivity index (χ1) is 17.4. The number of carbonyl (C=O) groups is 1. The minimum absolute atomic E-state index is 0.317. The number of rotatable bonds is 5. The summed E-state index contributed by atoms with van der Waals surface area (Å²) in [5, 5.41) is 3.79. The second kappa shape index (κ2) is 9.54. The third-order valence-electron chi connectivity index (χ3n) is 6.55. The predicted octanol–water partition coefficient (Wildman–Crippen LogP) is 5.59. The maximum Gasteiger partial charge on any atom is 0.339 e. The van der Waals surface area contributed by atoms with Gasteiger partial charge in [-0.2, -0.15) is 0 Å². The highest BCUT2D eigenvalue weighted by Crippen LogP contribution is 2.44. The van der Waals surface area contributed by atoms with Gasteiger partial charge in [-0.15, -0.1) is 0 Å². The monoisotopic (exact) mass is 500 g/mol. The van der Waals surface area contributed by atoms with Crippen molar-refractivity contribution in [3.05, 3.63) is 113 Å². The molecule has 1 fully saturated rings. The minimum Gasteiger partial charge on any atom is -0.465 e. The van der Waals surface area contributed by atoms with Crippen molar-refractivity contribution in [2.45, 2.75) is 25.9 Å². The lowest BCUT2D eigenvalue weighted by Gasteiger charge is -2.28. The van der Waals surface area contributed by atoms with E-state index in [9.17, 15) is 4.79 Å². The third-order valence-corrected chi connectivity index (χ3v) is 6.86. The van der Waals surface area contributed by atoms with Gasteiger partial charge in [0.15, 0.2) is 5.11 Å². The molecule has 0 saturated carbocycles. The van der Waals surface area contributed by atoms with E-state index < -0.39 is 5.97 Å². The Morgan fingerprint density at radius 3 is 2.42 bits per heavy atom. The lowest BCUT2D eigenvalue weighted by molar-refractivity contribution is 0.0600. The van der Waals surface area contributed by atoms with Crippen molar-refractivity contribution >= 4 is 29.0 Å². The molecule has 8 heteroatoms. The number of benzene rings is 2. The number of ether oxygens (including phenoxy) is 1. The Labute approximate surface area is 214 Å². The Kier molecular flexibility index (Phi) is 6.28. The van der Waals surface area contributed by atoms with Crippen LogP contribution in [0.25, 0.3) is 5.69 Å². The van der Waals surface area contributed by atoms with Gasteiger partial charge in [0.1, 0.15) is 5.82 Å². The van der Waals surface area contributed by atoms with Gasteiger partial charge in [0.2, 0.25) is 0 Å². The number of carbonyl (C=O) groups excluding carboxylic acids is 1. The number of thiocarbonyl (C=S) groups is 1. The molecule has 1 aliphatic rings. The highest BCUT2D eigenvalue weighted by molar-refractivity contribution is 7.80. The van der Waals surface area contributed by atoms with Gasteiger partial charge in [-0.05, 0) is 74.1 Å². The van der Waals surface area contributed by atoms with E-state index in [1.165, 1.54) is 13.2 Å². The summed E-state index contributed by atoms with van der Waals surface area (Å²) in [7, 11) is 1.37. The SMILES string of the molecule is COC(=O)c1ccccc1-n1c(C)cc([C@H]2[C@H](c3ccccn3)NC(=S)N2c2ccccc2F)c1C. The second-order valence-corrected chi connectivity index (χ2v) is 9.01. The lowest BCUT2D eigenvalue weighted by Crippen LogP contribution is -2.30. The molecule has 6 nitrogen and oxygen atoms in total. The van der Waals surface area contributed by atoms with Crippen LogP contribution in [-0.4, -0.2) is 27.7 Å². The summed E-state index contributed by atoms with van der Waals surface area (Å²) in [6.07, 6.45) is 1.73. The molecule has 1 N–H and O–H groups in total. The van der Waals surface area contributed by atoms with Crippen LogP contribution in [0.1, 0.15) is 45.1 Å². The van der Waals surface area contributed by atoms with Crippen LogP contribution in [0.5, 0.6) is 0 Å². The normalized spacial score (nSPS) is 17.2. The Bertz CT molecular complexity index is 1450. The van der Waals surface area contributed by atoms with E-state index in [0.717, 1.165) is 22.6 Å². The Hall–Kier alpha value is -4.04. The van der Waals surface area contributed by atoms with Gasteiger partial charge in [0.05, 0.1) is 41.8 Å². The number of pyridine rings is 1. The Balaban J connectivity index is 1.71. The molecule has 1 saturated heterocycles. The van der Waals surface area contributed by atoms with Crippen LogP contribution in [0.2, 0.25) is 0 Å². The van der Waals surface area contributed by atoms with Gasteiger partial charge in [0.25, 0.3) is 0 Å². The molecule has 0 unspecified atom stereocenters. The zero-order valence-corrected chi connectivity index (χ0v) is 20.9. The van der Waals surface area contributed by atoms with E-state index in [4.69, 9.17) is 17.0 Å². The molecule has 36 heavy (non-hydrogen) atoms. The van der Waals surface area contributed by atoms with Crippen molar-refractivity contribution in [2.75, 3.05) is 12.0 Å². The van der Waals surface area contributed by atoms with Crippen molar-refractivity contribution in [3.63, 3.8) is 0 Å². The summed E-state index contributed by atoms with van der Waals surface area (Å²) in [5.41, 5.74) is 5.12. The van der Waals surface area contributed by atoms with E-state index in [1.807, 2.05) is 53.6 Å². The zero-order chi connectivity index (χ0) is 25.4. The molecule has 4 aromatic rings. The summed E-state index contributed by atoms with van der Waals surface area (Å²) in [5.74, 6) is -0.777. The minimum atomic E-state index is -0.414. The molecule has 0 radical (unpaired) electrons. The van der Waals surface area contributed by atoms with E-state index in [0.29, 0.717) is 22.1 Å². The largest absolute Gasteiger partial charge is 0.465 e. The Morgan fingerprint density at radius 1 is 1.03 bits per heavy atom. The second-order valence-electron chi connectivity index (χ2n) is 8.62. The van der Waals surface area contributed by atoms with Crippen LogP contribution in [0.15, 0.2) is 79.0 Å². The number of esters is 1. The fourth-order valence-electron chi connectivity index (χ4n) is 4.99. The molecule has 3 heterocycles. The van der Waals surface area contributed by atoms with Gasteiger partial charge in [-0.1, -0.05) is 30.3 Å². The standard InChI is InChI=1S/C28H25FN4O2S/c1-17-16-20(18(2)32(17)23-13-6-4-10-19(23)27(34)35-3)26-25(22-12-8-9-15-30-22)31-28(36)33(26)24-14-7-5-11-21(24)29/h4-16,25-26H,1-3H3,(H,31,36)/t25-,26-/m0/s1. The number of nitrogens with one attached hydrogen (secondary N) is 1. The molecular formula is C28H25FN4O2S. The fraction of sp³-hybridized carbons (Fsp3) is 0.179. The average Bonchev–Trinajstić information content (AvgIpc) is 3.39. The van der Waals surface area contributed by atoms with Gasteiger partial charge in [-0.25, -0.2) is 9.18 Å². The average molecular weight is 501 g/mol. The number of halogens is 1. The molecule has 2 aromatic heterocycles. The van der Waals surface area contributed by atoms with E-state index in [1.54, 1.807) is 36.5 Å². The zero-order valence-electron chi connectivity index (χ0n) is 20.1. The van der Waals surface area contributed by atoms with Crippen molar-refractivity contribution < 1.29 is 13.9 Å². The van der Waals surface area contributed by atoms with Crippen molar-refractivity contribution in [3.8, 4) is 5.69 Å². The topological polar surface area (TPSA) is 59.4 Å². The maximum atomic E-state index is 15.1. The molecule has 0 aliphatic carbocycles. The third kappa shape index (κ3) is 3.93. The van der Waals surface area contributed by atoms with Crippen molar-refractivity contribution in [1.29, 1.82) is 0 Å². The van der Waals surface area contributed by atoms with E-state index in [2.05, 4.69) is 16.4 Å². The summed E-state index contributed by atoms with van der Waals surface area (Å²) in [6.45, 7) is 3.97. The van der Waals surface area contributed by atoms with Gasteiger partial charge < -0.3 is 19.5 Å². The van der Waals surface area contributed by atoms with Gasteiger partial charge in [-0.3, -0.25) is 4.98 Å². The number of aromatic nitrogens is 2. The molecular weight excluding hydrogens is 475 g/mol. The number of hydrogen-bond acceptors (Lipinski definition) is 4. The van der Waals surface area contributed by atoms with Crippen LogP contribution in [0, 0.1) is 19.7 Å². The number of hydrogen-bond donors (Lipinski definition) is 1. The van der Waals surface area contributed by atoms with Crippen LogP contribution >= 0.6 is 12.2 Å². The van der Waals surface area contributed by atoms with Gasteiger partial charge >= 0.3 is 5.97 Å². The van der Waals surface area contributed by atoms with Crippen LogP contribution in [0.4, 0.5) is 10.1 Å². The number of methoxy groups -OCH3 is 1. The van der Waals surface area contributed by atoms with Crippen LogP contribution < -0.4 is 10.2 Å². The number of nitrogens with zero attached hydrogens (tertiary/aromatic N) is 3. The smallest absolute Gasteiger partial charge is 0.339 e. The fourth-order valence-corrected chi connectivity index (χ4v) is 5.33. The summed E-state index contributed by atoms with van der Waals surface area (Å²) in [6, 6.07) is 21.0. The molecule has 2 atom stereocenters. The first-order valence-corrected chi connectivity index (χ1v) is 11.9. The van der Waals surface area contributed by atoms with E-state index >= 15 is 4.39 Å². The van der Waals surface area contributed by atoms with E-state index in [-0.39, 0.29) is 17.9 Å². The highest BCUT2D eigenvalue weighted by atomic mass is 32.1. The van der Waals surface area contributed by atoms with Crippen LogP contribution in [-0.2, 0) is 4.74 Å². The highest BCUT2D eigenvalue weighted by Gasteiger charge is 2.43. The predicted molar refractivity (Wildman–Crippen MR) is 141 cm³/mol. The molecule has 0 spiro atoms. The molecule has 0 bridgehead atoms. The number of para-hydroxylation sites is 2. The summed E-state index contributed by atoms with van der Waals surface area (Å²) < 4.78 is 22.1. The molecule has 1 aliphatic heterocycles. The molecule has 0 amide bonds. The first kappa shape index (κ1) is 23.7. The van der Waals surface area contributed by atoms with Crippen molar-refractivity contribution in [2.24, 2.45) is 0 Å². The lowest BCUT2D eigenvalue weighted by atomic mass is 9.96. The van der Waals surface area contributed by atoms with Crippen LogP contribution in [0.3, 0.4) is 0 Å². The number of aryl methyl sites for hydroxylation is 1. The summed E-state index contributed by atoms with van der Waals surface area (Å²) in [4.78, 5) is 18.9.